The molecule has 1 aromatic carbocycles. The molecule has 4 amide bonds. The molecule has 6 heteroatoms. The first-order valence-corrected chi connectivity index (χ1v) is 8.90. The molecule has 2 unspecified atom stereocenters. The summed E-state index contributed by atoms with van der Waals surface area (Å²) < 4.78 is 0. The van der Waals surface area contributed by atoms with Crippen molar-refractivity contribution in [3.8, 4) is 0 Å². The summed E-state index contributed by atoms with van der Waals surface area (Å²) >= 11 is 0. The molecule has 2 atom stereocenters. The molecule has 24 heavy (non-hydrogen) atoms. The van der Waals surface area contributed by atoms with Crippen LogP contribution in [0.3, 0.4) is 0 Å². The molecule has 1 saturated heterocycles. The van der Waals surface area contributed by atoms with E-state index >= 15 is 0 Å². The van der Waals surface area contributed by atoms with E-state index in [9.17, 15) is 9.59 Å². The number of rotatable bonds is 3. The minimum Gasteiger partial charge on any atom is -0.338 e. The van der Waals surface area contributed by atoms with E-state index in [0.29, 0.717) is 29.9 Å². The minimum absolute atomic E-state index is 0.0282. The van der Waals surface area contributed by atoms with Crippen LogP contribution >= 0.6 is 0 Å². The van der Waals surface area contributed by atoms with E-state index in [0.717, 1.165) is 19.4 Å². The zero-order valence-corrected chi connectivity index (χ0v) is 14.2. The SMILES string of the molecule is CCNC(=O)Nc1cccc(NC(=O)N2CCC3CCCCC32)c1. The molecule has 6 nitrogen and oxygen atoms in total. The number of nitrogens with one attached hydrogen (secondary N) is 3. The van der Waals surface area contributed by atoms with Crippen molar-refractivity contribution >= 4 is 23.4 Å². The summed E-state index contributed by atoms with van der Waals surface area (Å²) in [5, 5.41) is 8.42. The standard InChI is InChI=1S/C18H26N4O2/c1-2-19-17(23)20-14-7-5-8-15(12-14)21-18(24)22-11-10-13-6-3-4-9-16(13)22/h5,7-8,12-13,16H,2-4,6,9-11H2,1H3,(H,21,24)(H2,19,20,23). The van der Waals surface area contributed by atoms with Crippen LogP contribution in [0.2, 0.25) is 0 Å². The molecule has 3 N–H and O–H groups in total. The molecule has 0 radical (unpaired) electrons. The van der Waals surface area contributed by atoms with Crippen molar-refractivity contribution in [3.63, 3.8) is 0 Å². The van der Waals surface area contributed by atoms with Crippen LogP contribution in [0.15, 0.2) is 24.3 Å². The highest BCUT2D eigenvalue weighted by atomic mass is 16.2. The molecule has 1 aliphatic carbocycles. The van der Waals surface area contributed by atoms with Gasteiger partial charge in [-0.1, -0.05) is 18.9 Å². The normalized spacial score (nSPS) is 22.6. The van der Waals surface area contributed by atoms with Gasteiger partial charge in [-0.2, -0.15) is 0 Å². The largest absolute Gasteiger partial charge is 0.338 e. The van der Waals surface area contributed by atoms with Crippen LogP contribution in [0, 0.1) is 5.92 Å². The molecule has 130 valence electrons. The van der Waals surface area contributed by atoms with E-state index in [1.165, 1.54) is 19.3 Å². The van der Waals surface area contributed by atoms with Gasteiger partial charge in [0.15, 0.2) is 0 Å². The summed E-state index contributed by atoms with van der Waals surface area (Å²) in [7, 11) is 0. The van der Waals surface area contributed by atoms with Crippen molar-refractivity contribution < 1.29 is 9.59 Å². The lowest BCUT2D eigenvalue weighted by molar-refractivity contribution is 0.182. The highest BCUT2D eigenvalue weighted by molar-refractivity contribution is 5.93. The third-order valence-corrected chi connectivity index (χ3v) is 4.98. The Hall–Kier alpha value is -2.24. The molecule has 2 aliphatic rings. The van der Waals surface area contributed by atoms with Gasteiger partial charge in [-0.15, -0.1) is 0 Å². The van der Waals surface area contributed by atoms with Crippen LogP contribution < -0.4 is 16.0 Å². The Morgan fingerprint density at radius 2 is 1.88 bits per heavy atom. The topological polar surface area (TPSA) is 73.5 Å². The van der Waals surface area contributed by atoms with Gasteiger partial charge in [-0.3, -0.25) is 0 Å². The molecule has 1 saturated carbocycles. The maximum absolute atomic E-state index is 12.6. The fraction of sp³-hybridized carbons (Fsp3) is 0.556. The van der Waals surface area contributed by atoms with Crippen LogP contribution in [0.4, 0.5) is 21.0 Å². The lowest BCUT2D eigenvalue weighted by Crippen LogP contribution is -2.41. The molecular weight excluding hydrogens is 304 g/mol. The second kappa shape index (κ2) is 7.55. The van der Waals surface area contributed by atoms with E-state index in [1.54, 1.807) is 12.1 Å². The summed E-state index contributed by atoms with van der Waals surface area (Å²) in [6, 6.07) is 7.37. The number of likely N-dealkylation sites (tertiary alicyclic amines) is 1. The van der Waals surface area contributed by atoms with Gasteiger partial charge >= 0.3 is 12.1 Å². The molecule has 1 aliphatic heterocycles. The quantitative estimate of drug-likeness (QED) is 0.792. The van der Waals surface area contributed by atoms with Gasteiger partial charge in [0.05, 0.1) is 0 Å². The van der Waals surface area contributed by atoms with Gasteiger partial charge in [0.2, 0.25) is 0 Å². The lowest BCUT2D eigenvalue weighted by Gasteiger charge is -2.31. The van der Waals surface area contributed by atoms with E-state index in [4.69, 9.17) is 0 Å². The second-order valence-electron chi connectivity index (χ2n) is 6.59. The highest BCUT2D eigenvalue weighted by Gasteiger charge is 2.38. The van der Waals surface area contributed by atoms with E-state index in [-0.39, 0.29) is 12.1 Å². The predicted octanol–water partition coefficient (Wildman–Crippen LogP) is 3.62. The average molecular weight is 330 g/mol. The van der Waals surface area contributed by atoms with Crippen molar-refractivity contribution in [2.24, 2.45) is 5.92 Å². The lowest BCUT2D eigenvalue weighted by atomic mass is 9.85. The number of carbonyl (C=O) groups excluding carboxylic acids is 2. The molecule has 1 heterocycles. The van der Waals surface area contributed by atoms with E-state index in [2.05, 4.69) is 16.0 Å². The number of benzene rings is 1. The number of carbonyl (C=O) groups is 2. The smallest absolute Gasteiger partial charge is 0.322 e. The first kappa shape index (κ1) is 16.6. The number of nitrogens with zero attached hydrogens (tertiary/aromatic N) is 1. The zero-order chi connectivity index (χ0) is 16.9. The van der Waals surface area contributed by atoms with E-state index < -0.39 is 0 Å². The van der Waals surface area contributed by atoms with Crippen molar-refractivity contribution in [1.82, 2.24) is 10.2 Å². The molecule has 0 bridgehead atoms. The predicted molar refractivity (Wildman–Crippen MR) is 95.2 cm³/mol. The monoisotopic (exact) mass is 330 g/mol. The zero-order valence-electron chi connectivity index (χ0n) is 14.2. The van der Waals surface area contributed by atoms with Crippen molar-refractivity contribution in [2.75, 3.05) is 23.7 Å². The fourth-order valence-electron chi connectivity index (χ4n) is 3.86. The Balaban J connectivity index is 1.61. The van der Waals surface area contributed by atoms with Crippen molar-refractivity contribution in [3.05, 3.63) is 24.3 Å². The Morgan fingerprint density at radius 1 is 1.12 bits per heavy atom. The maximum atomic E-state index is 12.6. The van der Waals surface area contributed by atoms with Gasteiger partial charge in [0.1, 0.15) is 0 Å². The number of hydrogen-bond acceptors (Lipinski definition) is 2. The van der Waals surface area contributed by atoms with Gasteiger partial charge < -0.3 is 20.9 Å². The maximum Gasteiger partial charge on any atom is 0.322 e. The van der Waals surface area contributed by atoms with Gasteiger partial charge in [0, 0.05) is 30.5 Å². The minimum atomic E-state index is -0.245. The number of fused-ring (bicyclic) bond motifs is 1. The van der Waals surface area contributed by atoms with Gasteiger partial charge in [0.25, 0.3) is 0 Å². The highest BCUT2D eigenvalue weighted by Crippen LogP contribution is 2.36. The molecule has 3 rings (SSSR count). The average Bonchev–Trinajstić information content (AvgIpc) is 2.99. The van der Waals surface area contributed by atoms with Crippen LogP contribution in [0.1, 0.15) is 39.0 Å². The fourth-order valence-corrected chi connectivity index (χ4v) is 3.86. The number of urea groups is 2. The number of hydrogen-bond donors (Lipinski definition) is 3. The molecule has 2 fully saturated rings. The van der Waals surface area contributed by atoms with Crippen molar-refractivity contribution in [1.29, 1.82) is 0 Å². The third-order valence-electron chi connectivity index (χ3n) is 4.98. The Morgan fingerprint density at radius 3 is 2.67 bits per heavy atom. The van der Waals surface area contributed by atoms with E-state index in [1.807, 2.05) is 24.0 Å². The second-order valence-corrected chi connectivity index (χ2v) is 6.59. The summed E-state index contributed by atoms with van der Waals surface area (Å²) in [5.74, 6) is 0.676. The Bertz CT molecular complexity index is 604. The molecule has 0 aromatic heterocycles. The molecule has 0 spiro atoms. The molecular formula is C18H26N4O2. The van der Waals surface area contributed by atoms with Crippen LogP contribution in [-0.2, 0) is 0 Å². The molecule has 1 aromatic rings. The Labute approximate surface area is 143 Å². The first-order valence-electron chi connectivity index (χ1n) is 8.90. The summed E-state index contributed by atoms with van der Waals surface area (Å²) in [6.07, 6.45) is 6.01. The van der Waals surface area contributed by atoms with Crippen LogP contribution in [-0.4, -0.2) is 36.1 Å². The Kier molecular flexibility index (Phi) is 5.23. The van der Waals surface area contributed by atoms with Crippen LogP contribution in [0.5, 0.6) is 0 Å². The van der Waals surface area contributed by atoms with Gasteiger partial charge in [-0.05, 0) is 50.3 Å². The number of amides is 4. The third kappa shape index (κ3) is 3.80. The summed E-state index contributed by atoms with van der Waals surface area (Å²) in [5.41, 5.74) is 1.37. The first-order chi connectivity index (χ1) is 11.7. The number of anilines is 2. The van der Waals surface area contributed by atoms with Crippen LogP contribution in [0.25, 0.3) is 0 Å². The summed E-state index contributed by atoms with van der Waals surface area (Å²) in [6.45, 7) is 3.28. The van der Waals surface area contributed by atoms with Crippen molar-refractivity contribution in [2.45, 2.75) is 45.1 Å². The van der Waals surface area contributed by atoms with Gasteiger partial charge in [-0.25, -0.2) is 9.59 Å². The summed E-state index contributed by atoms with van der Waals surface area (Å²) in [4.78, 5) is 26.2.